The van der Waals surface area contributed by atoms with Crippen molar-refractivity contribution in [1.29, 1.82) is 0 Å². The van der Waals surface area contributed by atoms with E-state index in [1.54, 1.807) is 0 Å². The Hall–Kier alpha value is 2.50. The summed E-state index contributed by atoms with van der Waals surface area (Å²) >= 11 is 35.3. The zero-order valence-electron chi connectivity index (χ0n) is 23.2. The smallest absolute Gasteiger partial charge is 0.296 e. The van der Waals surface area contributed by atoms with Crippen LogP contribution in [0.5, 0.6) is 0 Å². The molecule has 0 bridgehead atoms. The molecule has 0 saturated heterocycles. The van der Waals surface area contributed by atoms with Gasteiger partial charge in [0.15, 0.2) is 17.5 Å². The molecule has 0 aromatic carbocycles. The van der Waals surface area contributed by atoms with Crippen LogP contribution in [0.3, 0.4) is 0 Å². The second-order valence-corrected chi connectivity index (χ2v) is 19.3. The predicted octanol–water partition coefficient (Wildman–Crippen LogP) is 10.5. The van der Waals surface area contributed by atoms with Gasteiger partial charge in [-0.2, -0.15) is 0 Å². The molecule has 0 saturated carbocycles. The van der Waals surface area contributed by atoms with E-state index in [1.165, 1.54) is 62.3 Å². The predicted molar refractivity (Wildman–Crippen MR) is 160 cm³/mol. The molecule has 0 radical (unpaired) electrons. The highest BCUT2D eigenvalue weighted by Crippen LogP contribution is 2.66. The van der Waals surface area contributed by atoms with Crippen molar-refractivity contribution in [3.05, 3.63) is 0 Å². The third-order valence-electron chi connectivity index (χ3n) is 3.80. The summed E-state index contributed by atoms with van der Waals surface area (Å²) in [5.41, 5.74) is -6.54. The van der Waals surface area contributed by atoms with E-state index < -0.39 is 82.3 Å². The van der Waals surface area contributed by atoms with Crippen LogP contribution in [-0.2, 0) is 54.4 Å². The molecule has 0 amide bonds. The molecule has 0 aromatic rings. The summed E-state index contributed by atoms with van der Waals surface area (Å²) in [6, 6.07) is 0. The molecule has 0 rings (SSSR count). The van der Waals surface area contributed by atoms with Gasteiger partial charge in [-0.05, 0) is 62.3 Å². The van der Waals surface area contributed by atoms with E-state index >= 15 is 0 Å². The maximum atomic E-state index is 13.5. The first-order valence-electron chi connectivity index (χ1n) is 11.6. The number of halogens is 6. The molecule has 0 aliphatic rings. The van der Waals surface area contributed by atoms with E-state index in [1.807, 2.05) is 0 Å². The highest BCUT2D eigenvalue weighted by Gasteiger charge is 2.46. The van der Waals surface area contributed by atoms with Gasteiger partial charge < -0.3 is 0 Å². The lowest BCUT2D eigenvalue weighted by atomic mass is 10.9. The van der Waals surface area contributed by atoms with Gasteiger partial charge in [-0.1, -0.05) is 69.6 Å². The number of rotatable bonds is 21. The van der Waals surface area contributed by atoms with Crippen LogP contribution in [-0.4, -0.2) is 50.9 Å². The standard InChI is InChI=1S/C18H36Cl6O12P4/c1-10(19)31-38(25,32-11(2)20)16(7)28-37(29-17(8)39(26,33-12(3)21)34-13(4)22)30-18(9)40(27,35-14(5)23)36-15(6)24/h10-18H,1-9H3. The maximum Gasteiger partial charge on any atom is 0.362 e. The van der Waals surface area contributed by atoms with Gasteiger partial charge in [0, 0.05) is 0 Å². The first kappa shape index (κ1) is 42.5. The molecule has 12 nitrogen and oxygen atoms in total. The molecule has 0 heterocycles. The monoisotopic (exact) mass is 778 g/mol. The van der Waals surface area contributed by atoms with Crippen LogP contribution in [0.4, 0.5) is 0 Å². The first-order valence-corrected chi connectivity index (χ1v) is 20.1. The van der Waals surface area contributed by atoms with Crippen molar-refractivity contribution in [2.45, 2.75) is 113 Å². The van der Waals surface area contributed by atoms with Gasteiger partial charge in [0.25, 0.3) is 0 Å². The highest BCUT2D eigenvalue weighted by molar-refractivity contribution is 7.57. The lowest BCUT2D eigenvalue weighted by molar-refractivity contribution is 0.0827. The Kier molecular flexibility index (Phi) is 20.4. The highest BCUT2D eigenvalue weighted by atomic mass is 35.5. The number of alkyl halides is 6. The summed E-state index contributed by atoms with van der Waals surface area (Å²) in [5.74, 6) is -4.37. The summed E-state index contributed by atoms with van der Waals surface area (Å²) < 4.78 is 89.4. The van der Waals surface area contributed by atoms with Crippen molar-refractivity contribution in [3.63, 3.8) is 0 Å². The van der Waals surface area contributed by atoms with Gasteiger partial charge in [-0.15, -0.1) is 0 Å². The molecule has 22 heteroatoms. The quantitative estimate of drug-likeness (QED) is 0.0810. The summed E-state index contributed by atoms with van der Waals surface area (Å²) in [4.78, 5) is 0. The van der Waals surface area contributed by atoms with Gasteiger partial charge in [0.05, 0.1) is 0 Å². The Morgan fingerprint density at radius 3 is 0.675 bits per heavy atom. The van der Waals surface area contributed by atoms with E-state index in [4.69, 9.17) is 110 Å². The lowest BCUT2D eigenvalue weighted by Gasteiger charge is -2.33. The van der Waals surface area contributed by atoms with Gasteiger partial charge in [0.1, 0.15) is 33.4 Å². The third-order valence-corrected chi connectivity index (χ3v) is 13.7. The molecule has 0 aliphatic carbocycles. The molecule has 40 heavy (non-hydrogen) atoms. The van der Waals surface area contributed by atoms with Crippen molar-refractivity contribution in [1.82, 2.24) is 0 Å². The molecule has 242 valence electrons. The molecule has 0 N–H and O–H groups in total. The van der Waals surface area contributed by atoms with Crippen LogP contribution in [0.1, 0.15) is 62.3 Å². The lowest BCUT2D eigenvalue weighted by Crippen LogP contribution is -2.22. The second-order valence-electron chi connectivity index (χ2n) is 7.85. The van der Waals surface area contributed by atoms with E-state index in [0.29, 0.717) is 0 Å². The summed E-state index contributed by atoms with van der Waals surface area (Å²) in [5, 5.41) is 0. The first-order chi connectivity index (χ1) is 18.0. The summed E-state index contributed by atoms with van der Waals surface area (Å²) in [6.45, 7) is 12.2. The van der Waals surface area contributed by atoms with Crippen LogP contribution in [0.25, 0.3) is 0 Å². The van der Waals surface area contributed by atoms with Crippen LogP contribution >= 0.6 is 101 Å². The van der Waals surface area contributed by atoms with Gasteiger partial charge in [0.2, 0.25) is 0 Å². The zero-order valence-corrected chi connectivity index (χ0v) is 31.3. The number of hydrogen-bond acceptors (Lipinski definition) is 12. The zero-order chi connectivity index (χ0) is 31.6. The van der Waals surface area contributed by atoms with Gasteiger partial charge in [-0.3, -0.25) is 54.4 Å². The van der Waals surface area contributed by atoms with Crippen molar-refractivity contribution >= 4 is 101 Å². The number of hydrogen-bond donors (Lipinski definition) is 0. The molecule has 0 spiro atoms. The Bertz CT molecular complexity index is 733. The molecular formula is C18H36Cl6O12P4. The fraction of sp³-hybridized carbons (Fsp3) is 1.00. The van der Waals surface area contributed by atoms with Crippen molar-refractivity contribution in [3.8, 4) is 0 Å². The fourth-order valence-corrected chi connectivity index (χ4v) is 11.0. The minimum absolute atomic E-state index is 1.09. The minimum atomic E-state index is -4.21. The van der Waals surface area contributed by atoms with Crippen LogP contribution in [0.15, 0.2) is 0 Å². The molecule has 0 aromatic heterocycles. The fourth-order valence-electron chi connectivity index (χ4n) is 2.42. The normalized spacial score (nSPS) is 24.7. The van der Waals surface area contributed by atoms with Gasteiger partial charge in [-0.25, -0.2) is 0 Å². The average molecular weight is 781 g/mol. The summed E-state index contributed by atoms with van der Waals surface area (Å²) in [6.07, 6.45) is 0. The van der Waals surface area contributed by atoms with Crippen molar-refractivity contribution in [2.75, 3.05) is 0 Å². The molecule has 9 atom stereocenters. The molecular weight excluding hydrogens is 745 g/mol. The Morgan fingerprint density at radius 2 is 0.550 bits per heavy atom. The molecule has 9 unspecified atom stereocenters. The largest absolute Gasteiger partial charge is 0.362 e. The Labute approximate surface area is 267 Å². The third kappa shape index (κ3) is 16.2. The van der Waals surface area contributed by atoms with Crippen molar-refractivity contribution in [2.24, 2.45) is 0 Å². The van der Waals surface area contributed by atoms with Crippen molar-refractivity contribution < 1.29 is 54.4 Å². The Balaban J connectivity index is 6.46. The van der Waals surface area contributed by atoms with E-state index in [2.05, 4.69) is 0 Å². The van der Waals surface area contributed by atoms with E-state index in [0.717, 1.165) is 0 Å². The topological polar surface area (TPSA) is 134 Å². The van der Waals surface area contributed by atoms with Crippen LogP contribution in [0, 0.1) is 0 Å². The Morgan fingerprint density at radius 1 is 0.400 bits per heavy atom. The molecule has 0 aliphatic heterocycles. The van der Waals surface area contributed by atoms with E-state index in [-0.39, 0.29) is 0 Å². The van der Waals surface area contributed by atoms with Crippen LogP contribution < -0.4 is 0 Å². The van der Waals surface area contributed by atoms with Crippen LogP contribution in [0.2, 0.25) is 0 Å². The maximum absolute atomic E-state index is 13.5. The van der Waals surface area contributed by atoms with Gasteiger partial charge >= 0.3 is 31.4 Å². The SMILES string of the molecule is CC(Cl)OP(=O)(OC(C)Cl)C(C)OP(OC(C)P(=O)(OC(C)Cl)OC(C)Cl)OC(C)P(=O)(OC(C)Cl)OC(C)Cl. The summed E-state index contributed by atoms with van der Waals surface area (Å²) in [7, 11) is -15.4. The average Bonchev–Trinajstić information content (AvgIpc) is 2.69. The minimum Gasteiger partial charge on any atom is -0.296 e. The molecule has 0 fully saturated rings. The van der Waals surface area contributed by atoms with E-state index in [9.17, 15) is 13.7 Å². The second kappa shape index (κ2) is 19.2.